The maximum absolute atomic E-state index is 12.7. The summed E-state index contributed by atoms with van der Waals surface area (Å²) in [5.41, 5.74) is 1.69. The van der Waals surface area contributed by atoms with Crippen LogP contribution >= 0.6 is 0 Å². The Balaban J connectivity index is 2.10. The Hall–Kier alpha value is -1.36. The second-order valence-electron chi connectivity index (χ2n) is 6.05. The van der Waals surface area contributed by atoms with Gasteiger partial charge in [-0.15, -0.1) is 0 Å². The van der Waals surface area contributed by atoms with Crippen LogP contribution in [-0.4, -0.2) is 47.3 Å². The molecule has 1 fully saturated rings. The van der Waals surface area contributed by atoms with E-state index in [1.807, 2.05) is 25.1 Å². The van der Waals surface area contributed by atoms with Gasteiger partial charge in [0.1, 0.15) is 5.69 Å². The van der Waals surface area contributed by atoms with Crippen molar-refractivity contribution >= 4 is 5.91 Å². The van der Waals surface area contributed by atoms with Crippen LogP contribution in [0, 0.1) is 5.92 Å². The number of nitrogens with one attached hydrogen (secondary N) is 1. The first kappa shape index (κ1) is 15.0. The molecule has 0 saturated carbocycles. The van der Waals surface area contributed by atoms with E-state index in [2.05, 4.69) is 24.3 Å². The van der Waals surface area contributed by atoms with Crippen molar-refractivity contribution in [1.29, 1.82) is 0 Å². The fraction of sp³-hybridized carbons (Fsp3) is 0.733. The van der Waals surface area contributed by atoms with Gasteiger partial charge in [0.2, 0.25) is 0 Å². The standard InChI is InChI=1S/C15H26N4O/c1-11(2)13-8-14(18(4)17-13)15(20)19-7-5-6-12(10-19)9-16-3/h8,11-12,16H,5-7,9-10H2,1-4H3/t12-/m1/s1. The Labute approximate surface area is 121 Å². The van der Waals surface area contributed by atoms with Crippen LogP contribution in [0.2, 0.25) is 0 Å². The summed E-state index contributed by atoms with van der Waals surface area (Å²) in [5, 5.41) is 7.65. The predicted molar refractivity (Wildman–Crippen MR) is 79.9 cm³/mol. The van der Waals surface area contributed by atoms with E-state index in [4.69, 9.17) is 0 Å². The van der Waals surface area contributed by atoms with E-state index in [0.29, 0.717) is 17.5 Å². The van der Waals surface area contributed by atoms with Gasteiger partial charge in [0.25, 0.3) is 5.91 Å². The van der Waals surface area contributed by atoms with Crippen LogP contribution < -0.4 is 5.32 Å². The number of rotatable bonds is 4. The molecule has 1 atom stereocenters. The fourth-order valence-electron chi connectivity index (χ4n) is 2.84. The number of aryl methyl sites for hydroxylation is 1. The van der Waals surface area contributed by atoms with E-state index in [1.165, 1.54) is 6.42 Å². The van der Waals surface area contributed by atoms with Crippen LogP contribution in [0.15, 0.2) is 6.07 Å². The summed E-state index contributed by atoms with van der Waals surface area (Å²) in [6.45, 7) is 6.89. The Kier molecular flexibility index (Phi) is 4.81. The van der Waals surface area contributed by atoms with Crippen molar-refractivity contribution in [3.63, 3.8) is 0 Å². The van der Waals surface area contributed by atoms with Gasteiger partial charge in [0.15, 0.2) is 0 Å². The lowest BCUT2D eigenvalue weighted by molar-refractivity contribution is 0.0663. The third kappa shape index (κ3) is 3.20. The van der Waals surface area contributed by atoms with E-state index in [1.54, 1.807) is 4.68 Å². The molecule has 5 heteroatoms. The summed E-state index contributed by atoms with van der Waals surface area (Å²) >= 11 is 0. The average molecular weight is 278 g/mol. The maximum Gasteiger partial charge on any atom is 0.272 e. The second-order valence-corrected chi connectivity index (χ2v) is 6.05. The number of hydrogen-bond acceptors (Lipinski definition) is 3. The highest BCUT2D eigenvalue weighted by atomic mass is 16.2. The lowest BCUT2D eigenvalue weighted by Gasteiger charge is -2.32. The molecule has 0 spiro atoms. The van der Waals surface area contributed by atoms with Gasteiger partial charge < -0.3 is 10.2 Å². The summed E-state index contributed by atoms with van der Waals surface area (Å²) in [5.74, 6) is 1.03. The second kappa shape index (κ2) is 6.39. The third-order valence-electron chi connectivity index (χ3n) is 4.01. The molecule has 0 bridgehead atoms. The van der Waals surface area contributed by atoms with Crippen molar-refractivity contribution in [2.45, 2.75) is 32.6 Å². The van der Waals surface area contributed by atoms with E-state index >= 15 is 0 Å². The Morgan fingerprint density at radius 1 is 1.55 bits per heavy atom. The normalized spacial score (nSPS) is 19.6. The predicted octanol–water partition coefficient (Wildman–Crippen LogP) is 1.62. The molecule has 20 heavy (non-hydrogen) atoms. The number of carbonyl (C=O) groups is 1. The summed E-state index contributed by atoms with van der Waals surface area (Å²) in [4.78, 5) is 14.6. The molecule has 1 aromatic heterocycles. The smallest absolute Gasteiger partial charge is 0.272 e. The minimum absolute atomic E-state index is 0.118. The highest BCUT2D eigenvalue weighted by Crippen LogP contribution is 2.20. The van der Waals surface area contributed by atoms with Crippen LogP contribution in [0.5, 0.6) is 0 Å². The zero-order valence-corrected chi connectivity index (χ0v) is 13.0. The third-order valence-corrected chi connectivity index (χ3v) is 4.01. The molecule has 1 amide bonds. The first-order valence-electron chi connectivity index (χ1n) is 7.50. The Morgan fingerprint density at radius 3 is 2.90 bits per heavy atom. The molecule has 1 aliphatic heterocycles. The van der Waals surface area contributed by atoms with Gasteiger partial charge in [0, 0.05) is 20.1 Å². The number of carbonyl (C=O) groups excluding carboxylic acids is 1. The zero-order valence-electron chi connectivity index (χ0n) is 13.0. The van der Waals surface area contributed by atoms with Crippen LogP contribution in [0.4, 0.5) is 0 Å². The first-order chi connectivity index (χ1) is 9.52. The van der Waals surface area contributed by atoms with Gasteiger partial charge in [-0.3, -0.25) is 9.48 Å². The molecule has 2 heterocycles. The maximum atomic E-state index is 12.7. The minimum Gasteiger partial charge on any atom is -0.337 e. The van der Waals surface area contributed by atoms with Gasteiger partial charge in [-0.25, -0.2) is 0 Å². The molecule has 1 aromatic rings. The summed E-state index contributed by atoms with van der Waals surface area (Å²) in [6, 6.07) is 1.94. The largest absolute Gasteiger partial charge is 0.337 e. The SMILES string of the molecule is CNC[C@H]1CCCN(C(=O)c2cc(C(C)C)nn2C)C1. The summed E-state index contributed by atoms with van der Waals surface area (Å²) in [6.07, 6.45) is 2.29. The van der Waals surface area contributed by atoms with Crippen molar-refractivity contribution in [2.24, 2.45) is 13.0 Å². The lowest BCUT2D eigenvalue weighted by atomic mass is 9.97. The molecule has 1 saturated heterocycles. The molecule has 1 aliphatic rings. The van der Waals surface area contributed by atoms with Gasteiger partial charge in [-0.1, -0.05) is 13.8 Å². The van der Waals surface area contributed by atoms with Crippen molar-refractivity contribution in [2.75, 3.05) is 26.7 Å². The monoisotopic (exact) mass is 278 g/mol. The molecule has 2 rings (SSSR count). The number of likely N-dealkylation sites (tertiary alicyclic amines) is 1. The number of piperidine rings is 1. The molecule has 112 valence electrons. The van der Waals surface area contributed by atoms with Crippen molar-refractivity contribution < 1.29 is 4.79 Å². The highest BCUT2D eigenvalue weighted by Gasteiger charge is 2.26. The number of amides is 1. The van der Waals surface area contributed by atoms with E-state index < -0.39 is 0 Å². The van der Waals surface area contributed by atoms with Gasteiger partial charge in [-0.05, 0) is 44.3 Å². The van der Waals surface area contributed by atoms with Gasteiger partial charge >= 0.3 is 0 Å². The van der Waals surface area contributed by atoms with Gasteiger partial charge in [-0.2, -0.15) is 5.10 Å². The van der Waals surface area contributed by atoms with Crippen LogP contribution in [0.3, 0.4) is 0 Å². The fourth-order valence-corrected chi connectivity index (χ4v) is 2.84. The van der Waals surface area contributed by atoms with Crippen molar-refractivity contribution in [3.8, 4) is 0 Å². The molecule has 0 radical (unpaired) electrons. The van der Waals surface area contributed by atoms with E-state index in [0.717, 1.165) is 31.7 Å². The lowest BCUT2D eigenvalue weighted by Crippen LogP contribution is -2.43. The molecule has 5 nitrogen and oxygen atoms in total. The number of nitrogens with zero attached hydrogens (tertiary/aromatic N) is 3. The quantitative estimate of drug-likeness (QED) is 0.910. The average Bonchev–Trinajstić information content (AvgIpc) is 2.81. The van der Waals surface area contributed by atoms with Crippen LogP contribution in [0.25, 0.3) is 0 Å². The molecular formula is C15H26N4O. The van der Waals surface area contributed by atoms with E-state index in [-0.39, 0.29) is 5.91 Å². The number of aromatic nitrogens is 2. The molecular weight excluding hydrogens is 252 g/mol. The van der Waals surface area contributed by atoms with Crippen molar-refractivity contribution in [1.82, 2.24) is 20.0 Å². The Bertz CT molecular complexity index is 464. The number of hydrogen-bond donors (Lipinski definition) is 1. The van der Waals surface area contributed by atoms with Crippen molar-refractivity contribution in [3.05, 3.63) is 17.5 Å². The summed E-state index contributed by atoms with van der Waals surface area (Å²) in [7, 11) is 3.82. The zero-order chi connectivity index (χ0) is 14.7. The minimum atomic E-state index is 0.118. The highest BCUT2D eigenvalue weighted by molar-refractivity contribution is 5.92. The molecule has 0 unspecified atom stereocenters. The molecule has 0 aliphatic carbocycles. The van der Waals surface area contributed by atoms with E-state index in [9.17, 15) is 4.79 Å². The first-order valence-corrected chi connectivity index (χ1v) is 7.50. The summed E-state index contributed by atoms with van der Waals surface area (Å²) < 4.78 is 1.72. The molecule has 0 aromatic carbocycles. The Morgan fingerprint density at radius 2 is 2.30 bits per heavy atom. The van der Waals surface area contributed by atoms with Gasteiger partial charge in [0.05, 0.1) is 5.69 Å². The van der Waals surface area contributed by atoms with Crippen LogP contribution in [-0.2, 0) is 7.05 Å². The molecule has 1 N–H and O–H groups in total. The van der Waals surface area contributed by atoms with Crippen LogP contribution in [0.1, 0.15) is 48.8 Å². The topological polar surface area (TPSA) is 50.2 Å².